The van der Waals surface area contributed by atoms with E-state index >= 15 is 0 Å². The number of rotatable bonds is 6. The van der Waals surface area contributed by atoms with Gasteiger partial charge in [0.25, 0.3) is 5.69 Å². The molecule has 2 aromatic carbocycles. The molecule has 0 N–H and O–H groups in total. The van der Waals surface area contributed by atoms with Crippen LogP contribution in [-0.4, -0.2) is 27.1 Å². The molecular weight excluding hydrogens is 332 g/mol. The summed E-state index contributed by atoms with van der Waals surface area (Å²) in [6.07, 6.45) is 0. The van der Waals surface area contributed by atoms with Crippen LogP contribution in [0, 0.1) is 17.0 Å². The molecule has 0 amide bonds. The van der Waals surface area contributed by atoms with Crippen molar-refractivity contribution >= 4 is 5.69 Å². The van der Waals surface area contributed by atoms with E-state index in [4.69, 9.17) is 4.42 Å². The van der Waals surface area contributed by atoms with Gasteiger partial charge in [-0.2, -0.15) is 0 Å². The summed E-state index contributed by atoms with van der Waals surface area (Å²) in [7, 11) is 2.00. The minimum atomic E-state index is -0.439. The molecule has 1 atom stereocenters. The van der Waals surface area contributed by atoms with Crippen LogP contribution in [0.4, 0.5) is 5.69 Å². The van der Waals surface area contributed by atoms with Crippen molar-refractivity contribution in [3.05, 3.63) is 75.7 Å². The molecule has 0 radical (unpaired) electrons. The Hall–Kier alpha value is -3.06. The van der Waals surface area contributed by atoms with Gasteiger partial charge in [0.05, 0.1) is 11.0 Å². The Morgan fingerprint density at radius 1 is 1.12 bits per heavy atom. The van der Waals surface area contributed by atoms with Gasteiger partial charge in [0, 0.05) is 24.2 Å². The quantitative estimate of drug-likeness (QED) is 0.489. The van der Waals surface area contributed by atoms with E-state index in [1.165, 1.54) is 23.3 Å². The molecule has 3 aromatic rings. The van der Waals surface area contributed by atoms with Crippen LogP contribution >= 0.6 is 0 Å². The van der Waals surface area contributed by atoms with E-state index < -0.39 is 4.92 Å². The highest BCUT2D eigenvalue weighted by Crippen LogP contribution is 2.25. The smallest absolute Gasteiger partial charge is 0.269 e. The summed E-state index contributed by atoms with van der Waals surface area (Å²) in [5.41, 5.74) is 3.12. The van der Waals surface area contributed by atoms with Crippen LogP contribution in [0.15, 0.2) is 52.9 Å². The molecule has 7 heteroatoms. The molecule has 0 unspecified atom stereocenters. The van der Waals surface area contributed by atoms with Crippen LogP contribution in [0.2, 0.25) is 0 Å². The number of nitro groups is 1. The number of nitrogens with zero attached hydrogens (tertiary/aromatic N) is 4. The average molecular weight is 352 g/mol. The Morgan fingerprint density at radius 2 is 1.77 bits per heavy atom. The van der Waals surface area contributed by atoms with Crippen molar-refractivity contribution in [1.29, 1.82) is 0 Å². The van der Waals surface area contributed by atoms with Gasteiger partial charge >= 0.3 is 0 Å². The van der Waals surface area contributed by atoms with Gasteiger partial charge in [0.2, 0.25) is 11.8 Å². The maximum absolute atomic E-state index is 10.7. The van der Waals surface area contributed by atoms with Crippen molar-refractivity contribution in [2.45, 2.75) is 26.4 Å². The minimum absolute atomic E-state index is 0.0275. The van der Waals surface area contributed by atoms with E-state index in [0.717, 1.165) is 6.54 Å². The van der Waals surface area contributed by atoms with Gasteiger partial charge in [0.15, 0.2) is 0 Å². The largest absolute Gasteiger partial charge is 0.419 e. The van der Waals surface area contributed by atoms with Gasteiger partial charge in [-0.1, -0.05) is 29.8 Å². The van der Waals surface area contributed by atoms with E-state index in [-0.39, 0.29) is 11.7 Å². The predicted molar refractivity (Wildman–Crippen MR) is 97.4 cm³/mol. The molecule has 0 aliphatic heterocycles. The van der Waals surface area contributed by atoms with Crippen LogP contribution in [0.1, 0.15) is 30.0 Å². The first-order valence-corrected chi connectivity index (χ1v) is 8.28. The van der Waals surface area contributed by atoms with Gasteiger partial charge in [-0.25, -0.2) is 0 Å². The zero-order valence-corrected chi connectivity index (χ0v) is 14.9. The van der Waals surface area contributed by atoms with Crippen LogP contribution in [0.25, 0.3) is 11.5 Å². The normalized spacial score (nSPS) is 12.3. The Labute approximate surface area is 151 Å². The van der Waals surface area contributed by atoms with Crippen molar-refractivity contribution < 1.29 is 9.34 Å². The summed E-state index contributed by atoms with van der Waals surface area (Å²) in [6, 6.07) is 14.4. The highest BCUT2D eigenvalue weighted by Gasteiger charge is 2.19. The second kappa shape index (κ2) is 7.45. The van der Waals surface area contributed by atoms with E-state index in [2.05, 4.69) is 46.3 Å². The van der Waals surface area contributed by atoms with Gasteiger partial charge in [-0.3, -0.25) is 15.0 Å². The zero-order valence-electron chi connectivity index (χ0n) is 14.9. The van der Waals surface area contributed by atoms with Crippen LogP contribution in [0.5, 0.6) is 0 Å². The Morgan fingerprint density at radius 3 is 2.38 bits per heavy atom. The molecule has 0 spiro atoms. The van der Waals surface area contributed by atoms with Crippen molar-refractivity contribution in [3.63, 3.8) is 0 Å². The molecule has 0 saturated carbocycles. The standard InChI is InChI=1S/C19H20N4O3/c1-13-4-6-15(7-5-13)12-22(3)14(2)18-20-21-19(26-18)16-8-10-17(11-9-16)23(24)25/h4-11,14H,12H2,1-3H3/t14-/m0/s1. The number of benzene rings is 2. The number of aryl methyl sites for hydroxylation is 1. The first-order valence-electron chi connectivity index (χ1n) is 8.28. The van der Waals surface area contributed by atoms with E-state index in [1.807, 2.05) is 14.0 Å². The van der Waals surface area contributed by atoms with Crippen LogP contribution in [-0.2, 0) is 6.54 Å². The number of hydrogen-bond acceptors (Lipinski definition) is 6. The number of non-ortho nitro benzene ring substituents is 1. The molecule has 1 aromatic heterocycles. The molecule has 134 valence electrons. The van der Waals surface area contributed by atoms with E-state index in [0.29, 0.717) is 17.3 Å². The number of nitro benzene ring substituents is 1. The van der Waals surface area contributed by atoms with Crippen molar-refractivity contribution in [2.24, 2.45) is 0 Å². The molecule has 0 aliphatic rings. The lowest BCUT2D eigenvalue weighted by Crippen LogP contribution is -2.22. The van der Waals surface area contributed by atoms with Crippen molar-refractivity contribution in [3.8, 4) is 11.5 Å². The molecular formula is C19H20N4O3. The molecule has 0 aliphatic carbocycles. The van der Waals surface area contributed by atoms with Gasteiger partial charge < -0.3 is 4.42 Å². The second-order valence-electron chi connectivity index (χ2n) is 6.33. The van der Waals surface area contributed by atoms with Crippen LogP contribution in [0.3, 0.4) is 0 Å². The van der Waals surface area contributed by atoms with Gasteiger partial charge in [-0.15, -0.1) is 10.2 Å². The second-order valence-corrected chi connectivity index (χ2v) is 6.33. The predicted octanol–water partition coefficient (Wildman–Crippen LogP) is 4.15. The summed E-state index contributed by atoms with van der Waals surface area (Å²) in [6.45, 7) is 4.83. The first kappa shape index (κ1) is 17.8. The third-order valence-electron chi connectivity index (χ3n) is 4.34. The molecule has 1 heterocycles. The highest BCUT2D eigenvalue weighted by molar-refractivity contribution is 5.55. The fraction of sp³-hybridized carbons (Fsp3) is 0.263. The van der Waals surface area contributed by atoms with E-state index in [9.17, 15) is 10.1 Å². The lowest BCUT2D eigenvalue weighted by Gasteiger charge is -2.21. The number of aromatic nitrogens is 2. The number of hydrogen-bond donors (Lipinski definition) is 0. The Balaban J connectivity index is 1.71. The molecule has 0 saturated heterocycles. The molecule has 3 rings (SSSR count). The monoisotopic (exact) mass is 352 g/mol. The fourth-order valence-electron chi connectivity index (χ4n) is 2.55. The molecule has 0 bridgehead atoms. The third-order valence-corrected chi connectivity index (χ3v) is 4.34. The van der Waals surface area contributed by atoms with E-state index in [1.54, 1.807) is 12.1 Å². The van der Waals surface area contributed by atoms with Crippen LogP contribution < -0.4 is 0 Å². The maximum Gasteiger partial charge on any atom is 0.269 e. The summed E-state index contributed by atoms with van der Waals surface area (Å²) in [5.74, 6) is 0.860. The minimum Gasteiger partial charge on any atom is -0.419 e. The average Bonchev–Trinajstić information content (AvgIpc) is 3.13. The lowest BCUT2D eigenvalue weighted by atomic mass is 10.1. The van der Waals surface area contributed by atoms with Crippen molar-refractivity contribution in [1.82, 2.24) is 15.1 Å². The summed E-state index contributed by atoms with van der Waals surface area (Å²) in [5, 5.41) is 18.9. The summed E-state index contributed by atoms with van der Waals surface area (Å²) < 4.78 is 5.78. The lowest BCUT2D eigenvalue weighted by molar-refractivity contribution is -0.384. The SMILES string of the molecule is Cc1ccc(CN(C)[C@@H](C)c2nnc(-c3ccc([N+](=O)[O-])cc3)o2)cc1. The van der Waals surface area contributed by atoms with Gasteiger partial charge in [0.1, 0.15) is 0 Å². The Bertz CT molecular complexity index is 888. The maximum atomic E-state index is 10.7. The van der Waals surface area contributed by atoms with Crippen molar-refractivity contribution in [2.75, 3.05) is 7.05 Å². The highest BCUT2D eigenvalue weighted by atomic mass is 16.6. The molecule has 0 fully saturated rings. The fourth-order valence-corrected chi connectivity index (χ4v) is 2.55. The molecule has 26 heavy (non-hydrogen) atoms. The summed E-state index contributed by atoms with van der Waals surface area (Å²) in [4.78, 5) is 12.4. The zero-order chi connectivity index (χ0) is 18.7. The third kappa shape index (κ3) is 3.94. The summed E-state index contributed by atoms with van der Waals surface area (Å²) >= 11 is 0. The topological polar surface area (TPSA) is 85.3 Å². The molecule has 7 nitrogen and oxygen atoms in total. The Kier molecular flexibility index (Phi) is 5.09. The van der Waals surface area contributed by atoms with Gasteiger partial charge in [-0.05, 0) is 38.6 Å². The first-order chi connectivity index (χ1) is 12.4.